The first kappa shape index (κ1) is 97.1. The molecule has 6 aromatic rings. The van der Waals surface area contributed by atoms with Gasteiger partial charge in [0.05, 0.1) is 49.6 Å². The zero-order valence-electron chi connectivity index (χ0n) is 70.0. The third kappa shape index (κ3) is 22.5. The number of phenols is 1. The van der Waals surface area contributed by atoms with Crippen molar-refractivity contribution in [2.24, 2.45) is 35.3 Å². The van der Waals surface area contributed by atoms with Crippen molar-refractivity contribution in [2.45, 2.75) is 207 Å². The lowest BCUT2D eigenvalue weighted by Crippen LogP contribution is -2.59. The third-order valence-electron chi connectivity index (χ3n) is 26.7. The molecule has 6 aromatic carbocycles. The zero-order valence-corrected chi connectivity index (χ0v) is 70.0. The number of fused-ring (bicyclic) bond motifs is 2. The Bertz CT molecular complexity index is 4900. The largest absolute Gasteiger partial charge is 0.505 e. The highest BCUT2D eigenvalue weighted by molar-refractivity contribution is 5.87. The van der Waals surface area contributed by atoms with Gasteiger partial charge in [-0.25, -0.2) is 31.1 Å². The highest BCUT2D eigenvalue weighted by atomic mass is 19.4. The second kappa shape index (κ2) is 41.0. The van der Waals surface area contributed by atoms with E-state index in [0.29, 0.717) is 113 Å². The summed E-state index contributed by atoms with van der Waals surface area (Å²) >= 11 is 0. The number of hydrogen-bond donors (Lipinski definition) is 3. The predicted molar refractivity (Wildman–Crippen MR) is 422 cm³/mol. The molecule has 694 valence electrons. The van der Waals surface area contributed by atoms with Crippen LogP contribution in [0.1, 0.15) is 178 Å². The number of nitrogens with two attached hydrogens (primary N) is 1. The molecule has 3 saturated carbocycles. The van der Waals surface area contributed by atoms with Gasteiger partial charge in [-0.2, -0.15) is 58.7 Å². The molecule has 2 amide bonds. The van der Waals surface area contributed by atoms with Crippen molar-refractivity contribution in [3.05, 3.63) is 194 Å². The van der Waals surface area contributed by atoms with Gasteiger partial charge in [0.2, 0.25) is 0 Å². The fourth-order valence-electron chi connectivity index (χ4n) is 19.6. The topological polar surface area (TPSA) is 275 Å². The van der Waals surface area contributed by atoms with Crippen LogP contribution >= 0.6 is 0 Å². The Balaban J connectivity index is 0.000000160. The summed E-state index contributed by atoms with van der Waals surface area (Å²) in [4.78, 5) is 93.0. The molecule has 0 bridgehead atoms. The van der Waals surface area contributed by atoms with E-state index in [9.17, 15) is 90.1 Å². The third-order valence-corrected chi connectivity index (χ3v) is 26.7. The normalized spacial score (nSPS) is 27.3. The number of aliphatic carboxylic acids is 1. The van der Waals surface area contributed by atoms with Crippen molar-refractivity contribution in [1.29, 1.82) is 0 Å². The highest BCUT2D eigenvalue weighted by Gasteiger charge is 2.59. The maximum atomic E-state index is 14.4. The van der Waals surface area contributed by atoms with Crippen molar-refractivity contribution >= 4 is 36.6 Å². The summed E-state index contributed by atoms with van der Waals surface area (Å²) in [5.41, 5.74) is 1.54. The van der Waals surface area contributed by atoms with Crippen LogP contribution in [0.3, 0.4) is 0 Å². The van der Waals surface area contributed by atoms with Gasteiger partial charge in [-0.05, 0) is 247 Å². The Labute approximate surface area is 727 Å². The quantitative estimate of drug-likeness (QED) is 0.0636. The Kier molecular flexibility index (Phi) is 31.1. The number of nitrogens with zero attached hydrogens (tertiary/aromatic N) is 5. The van der Waals surface area contributed by atoms with Crippen LogP contribution in [0.25, 0.3) is 0 Å². The minimum atomic E-state index is -4.73. The van der Waals surface area contributed by atoms with Crippen molar-refractivity contribution in [1.82, 2.24) is 24.5 Å². The smallest absolute Gasteiger partial charge is 0.416 e. The minimum absolute atomic E-state index is 0.00423. The molecule has 0 aromatic heterocycles. The number of alkyl halides is 9. The van der Waals surface area contributed by atoms with Crippen LogP contribution in [-0.4, -0.2) is 185 Å². The summed E-state index contributed by atoms with van der Waals surface area (Å²) in [5, 5.41) is 18.6. The molecule has 4 N–H and O–H groups in total. The van der Waals surface area contributed by atoms with Crippen LogP contribution in [0.2, 0.25) is 0 Å². The predicted octanol–water partition coefficient (Wildman–Crippen LogP) is 15.6. The Morgan fingerprint density at radius 1 is 0.477 bits per heavy atom. The molecule has 12 atom stereocenters. The summed E-state index contributed by atoms with van der Waals surface area (Å²) in [6.07, 6.45) is -2.16. The second-order valence-corrected chi connectivity index (χ2v) is 34.6. The molecule has 3 aliphatic carbocycles. The number of aromatic hydroxyl groups is 1. The monoisotopic (exact) mass is 1820 g/mol. The number of hydrogen-bond acceptors (Lipinski definition) is 19. The first-order valence-corrected chi connectivity index (χ1v) is 42.5. The fraction of sp³-hybridized carbons (Fsp3) is 0.538. The number of carboxylic acids is 1. The molecule has 17 rings (SSSR count). The maximum absolute atomic E-state index is 14.4. The minimum Gasteiger partial charge on any atom is -0.505 e. The number of carboxylic acid groups (broad SMARTS) is 1. The number of halogens is 15. The zero-order chi connectivity index (χ0) is 92.5. The van der Waals surface area contributed by atoms with Crippen LogP contribution in [0.15, 0.2) is 109 Å². The number of phenolic OH excluding ortho intramolecular Hbond substituents is 1. The van der Waals surface area contributed by atoms with Crippen molar-refractivity contribution in [3.8, 4) is 17.2 Å². The van der Waals surface area contributed by atoms with Gasteiger partial charge >= 0.3 is 36.8 Å². The van der Waals surface area contributed by atoms with Crippen LogP contribution in [-0.2, 0) is 95.5 Å². The molecule has 0 radical (unpaired) electrons. The Hall–Kier alpha value is -9.97. The van der Waals surface area contributed by atoms with Gasteiger partial charge in [-0.15, -0.1) is 0 Å². The van der Waals surface area contributed by atoms with Crippen LogP contribution in [0.4, 0.5) is 65.9 Å². The van der Waals surface area contributed by atoms with E-state index in [1.54, 1.807) is 24.3 Å². The molecule has 6 saturated heterocycles. The van der Waals surface area contributed by atoms with E-state index in [1.807, 2.05) is 24.3 Å². The molecule has 8 heterocycles. The Morgan fingerprint density at radius 3 is 1.12 bits per heavy atom. The van der Waals surface area contributed by atoms with E-state index in [0.717, 1.165) is 114 Å². The van der Waals surface area contributed by atoms with E-state index < -0.39 is 87.3 Å². The summed E-state index contributed by atoms with van der Waals surface area (Å²) in [6.45, 7) is 9.74. The van der Waals surface area contributed by atoms with E-state index in [2.05, 4.69) is 28.5 Å². The Morgan fingerprint density at radius 2 is 0.805 bits per heavy atom. The summed E-state index contributed by atoms with van der Waals surface area (Å²) < 4.78 is 233. The highest BCUT2D eigenvalue weighted by Crippen LogP contribution is 2.53. The van der Waals surface area contributed by atoms with Gasteiger partial charge in [0, 0.05) is 66.9 Å². The van der Waals surface area contributed by atoms with Gasteiger partial charge in [-0.1, -0.05) is 50.2 Å². The molecular weight excluding hydrogens is 1720 g/mol. The molecular formula is C91H99F15N6O16. The lowest BCUT2D eigenvalue weighted by Gasteiger charge is -2.47. The van der Waals surface area contributed by atoms with Gasteiger partial charge in [0.15, 0.2) is 53.8 Å². The standard InChI is InChI=1S/C30H31F5N2O5.C30H33F5N2O3.C21H28FNO3.C8H7F4NO.2CO2/c31-22-5-1-18(2-6-22)24-8-10-36(14-26(24)41-17-38)23-7-9-29(42-15-23,20-3-4-20)28(39)37-13-19-11-21(30(33,34)35)12-25(32)27(19)40-16-37;1-18-14-36(11-9-25(18)19-2-6-23(31)7-3-19)24-8-10-29(40-16-24,21-4-5-21)28(38)37-15-20-12-22(30(33,34)35)13-26(32)27(20)39-17-37;1-14-12-23(11-9-19(14)15-2-6-17(22)7-3-15)18-8-10-21(20(24)25,26-13-18)16-4-5-16;9-6-2-5(8(10,11)12)1-4(3-13)7(6)14;2*2-1-3/h1-2,5-6,11-12,17,20,23-24,26H,3-4,7-10,13-16H2;2-3,6-7,12-13,18,21,24-25H,4-5,8-11,14-17H2,1H3;2-3,6-7,14,16,18-19H,4-5,8-13H2,1H3,(H,24,25);1-2,14H,3,13H2;;/t23-,24+,26-,29+;18-,24-,25-,29+;14-,18-,19-,21+;;;/m111.../s1. The van der Waals surface area contributed by atoms with E-state index in [-0.39, 0.29) is 151 Å². The molecule has 9 fully saturated rings. The lowest BCUT2D eigenvalue weighted by atomic mass is 9.80. The van der Waals surface area contributed by atoms with Gasteiger partial charge in [0.25, 0.3) is 18.3 Å². The average Bonchev–Trinajstić information content (AvgIpc) is 1.45. The van der Waals surface area contributed by atoms with Crippen LogP contribution in [0.5, 0.6) is 17.2 Å². The first-order valence-electron chi connectivity index (χ1n) is 42.5. The molecule has 128 heavy (non-hydrogen) atoms. The summed E-state index contributed by atoms with van der Waals surface area (Å²) in [5.74, 6) is -5.16. The first-order chi connectivity index (χ1) is 60.8. The van der Waals surface area contributed by atoms with Gasteiger partial charge in [0.1, 0.15) is 34.8 Å². The second-order valence-electron chi connectivity index (χ2n) is 34.6. The number of likely N-dealkylation sites (tertiary alicyclic amines) is 3. The van der Waals surface area contributed by atoms with Crippen LogP contribution in [0, 0.1) is 64.5 Å². The van der Waals surface area contributed by atoms with E-state index in [1.165, 1.54) is 39.6 Å². The summed E-state index contributed by atoms with van der Waals surface area (Å²) in [6, 6.07) is 23.7. The number of benzene rings is 6. The molecule has 0 spiro atoms. The average molecular weight is 1820 g/mol. The van der Waals surface area contributed by atoms with Crippen LogP contribution < -0.4 is 15.2 Å². The number of carbonyl (C=O) groups excluding carboxylic acids is 7. The number of rotatable bonds is 15. The molecule has 22 nitrogen and oxygen atoms in total. The molecule has 37 heteroatoms. The number of ether oxygens (including phenoxy) is 6. The van der Waals surface area contributed by atoms with Crippen molar-refractivity contribution in [2.75, 3.05) is 72.6 Å². The summed E-state index contributed by atoms with van der Waals surface area (Å²) in [7, 11) is 0. The lowest BCUT2D eigenvalue weighted by molar-refractivity contribution is -0.193. The molecule has 0 unspecified atom stereocenters. The van der Waals surface area contributed by atoms with Crippen molar-refractivity contribution in [3.63, 3.8) is 0 Å². The van der Waals surface area contributed by atoms with Gasteiger partial charge < -0.3 is 54.2 Å². The number of amides is 2. The van der Waals surface area contributed by atoms with Crippen molar-refractivity contribution < 1.29 is 143 Å². The SMILES string of the molecule is C[C@@H]1CN([C@@H]2CC[C@@](C(=O)N3COc4c(F)cc(C(F)(F)F)cc4C3)(C3CC3)OC2)CC[C@H]1c1ccc(F)cc1.C[C@@H]1CN([C@@H]2CC[C@@](C(=O)O)(C3CC3)OC2)CC[C@H]1c1ccc(F)cc1.NCc1cc(C(F)(F)F)cc(F)c1O.O=C=O.O=C=O.O=CO[C@@H]1CN([C@@H]2CC[C@@](C(=O)N3COc4c(F)cc(C(F)(F)F)cc4C3)(C3CC3)OC2)CC[C@H]1c1ccc(F)cc1. The molecule has 11 aliphatic rings. The van der Waals surface area contributed by atoms with Gasteiger partial charge in [-0.3, -0.25) is 29.1 Å². The number of carbonyl (C=O) groups is 4. The number of piperidine rings is 3. The fourth-order valence-corrected chi connectivity index (χ4v) is 19.6. The maximum Gasteiger partial charge on any atom is 0.416 e. The molecule has 8 aliphatic heterocycles. The van der Waals surface area contributed by atoms with E-state index >= 15 is 0 Å². The van der Waals surface area contributed by atoms with E-state index in [4.69, 9.17) is 58.4 Å².